The predicted molar refractivity (Wildman–Crippen MR) is 65.9 cm³/mol. The third-order valence-corrected chi connectivity index (χ3v) is 3.20. The van der Waals surface area contributed by atoms with Crippen LogP contribution >= 0.6 is 0 Å². The van der Waals surface area contributed by atoms with E-state index in [4.69, 9.17) is 0 Å². The summed E-state index contributed by atoms with van der Waals surface area (Å²) >= 11 is 0. The average molecular weight is 220 g/mol. The lowest BCUT2D eigenvalue weighted by atomic mass is 10.1. The van der Waals surface area contributed by atoms with Gasteiger partial charge in [-0.25, -0.2) is 0 Å². The average Bonchev–Trinajstić information content (AvgIpc) is 2.32. The number of benzene rings is 1. The molecule has 0 atom stereocenters. The summed E-state index contributed by atoms with van der Waals surface area (Å²) in [5.74, 6) is 0.415. The topological polar surface area (TPSA) is 35.5 Å². The van der Waals surface area contributed by atoms with Gasteiger partial charge >= 0.3 is 0 Å². The number of nitrogens with one attached hydrogen (secondary N) is 1. The number of phenols is 1. The van der Waals surface area contributed by atoms with E-state index in [1.165, 1.54) is 5.56 Å². The number of hydrogen-bond donors (Lipinski definition) is 2. The standard InChI is InChI=1S/C13H20N2O/c1-11-2-3-12(10-13(11)16)4-7-15-8-5-14-6-9-15/h2-3,10,14,16H,4-9H2,1H3. The Morgan fingerprint density at radius 1 is 1.31 bits per heavy atom. The molecule has 1 aliphatic heterocycles. The van der Waals surface area contributed by atoms with Crippen molar-refractivity contribution in [1.29, 1.82) is 0 Å². The first-order chi connectivity index (χ1) is 7.75. The number of aryl methyl sites for hydroxylation is 1. The van der Waals surface area contributed by atoms with Crippen LogP contribution in [0.5, 0.6) is 5.75 Å². The summed E-state index contributed by atoms with van der Waals surface area (Å²) in [6, 6.07) is 5.98. The smallest absolute Gasteiger partial charge is 0.118 e. The van der Waals surface area contributed by atoms with Crippen LogP contribution in [0, 0.1) is 6.92 Å². The molecule has 2 N–H and O–H groups in total. The summed E-state index contributed by atoms with van der Waals surface area (Å²) in [6.07, 6.45) is 1.02. The van der Waals surface area contributed by atoms with E-state index in [1.807, 2.05) is 19.1 Å². The van der Waals surface area contributed by atoms with Gasteiger partial charge in [0.05, 0.1) is 0 Å². The van der Waals surface area contributed by atoms with Gasteiger partial charge in [-0.15, -0.1) is 0 Å². The molecular formula is C13H20N2O. The minimum Gasteiger partial charge on any atom is -0.508 e. The molecular weight excluding hydrogens is 200 g/mol. The zero-order valence-corrected chi connectivity index (χ0v) is 9.87. The molecule has 88 valence electrons. The molecule has 1 saturated heterocycles. The van der Waals surface area contributed by atoms with Crippen molar-refractivity contribution in [1.82, 2.24) is 10.2 Å². The van der Waals surface area contributed by atoms with Gasteiger partial charge in [0.2, 0.25) is 0 Å². The van der Waals surface area contributed by atoms with Crippen LogP contribution in [0.25, 0.3) is 0 Å². The Hall–Kier alpha value is -1.06. The van der Waals surface area contributed by atoms with Crippen molar-refractivity contribution in [3.8, 4) is 5.75 Å². The predicted octanol–water partition coefficient (Wildman–Crippen LogP) is 1.15. The number of aromatic hydroxyl groups is 1. The summed E-state index contributed by atoms with van der Waals surface area (Å²) in [7, 11) is 0. The maximum absolute atomic E-state index is 9.61. The second-order valence-corrected chi connectivity index (χ2v) is 4.46. The molecule has 1 aromatic carbocycles. The molecule has 0 saturated carbocycles. The van der Waals surface area contributed by atoms with E-state index in [9.17, 15) is 5.11 Å². The second kappa shape index (κ2) is 5.32. The molecule has 1 aliphatic rings. The third kappa shape index (κ3) is 2.97. The molecule has 0 aromatic heterocycles. The molecule has 1 aromatic rings. The number of hydrogen-bond acceptors (Lipinski definition) is 3. The number of piperazine rings is 1. The first-order valence-electron chi connectivity index (χ1n) is 5.97. The summed E-state index contributed by atoms with van der Waals surface area (Å²) in [6.45, 7) is 7.48. The van der Waals surface area contributed by atoms with E-state index in [2.05, 4.69) is 16.3 Å². The lowest BCUT2D eigenvalue weighted by Gasteiger charge is -2.27. The van der Waals surface area contributed by atoms with Crippen molar-refractivity contribution in [2.24, 2.45) is 0 Å². The van der Waals surface area contributed by atoms with Crippen molar-refractivity contribution < 1.29 is 5.11 Å². The Morgan fingerprint density at radius 2 is 2.06 bits per heavy atom. The van der Waals surface area contributed by atoms with Crippen LogP contribution in [-0.4, -0.2) is 42.7 Å². The van der Waals surface area contributed by atoms with Crippen LogP contribution in [0.3, 0.4) is 0 Å². The van der Waals surface area contributed by atoms with Gasteiger partial charge in [-0.2, -0.15) is 0 Å². The zero-order valence-electron chi connectivity index (χ0n) is 9.87. The summed E-state index contributed by atoms with van der Waals surface area (Å²) in [4.78, 5) is 2.47. The highest BCUT2D eigenvalue weighted by molar-refractivity contribution is 5.35. The Morgan fingerprint density at radius 3 is 2.75 bits per heavy atom. The first-order valence-corrected chi connectivity index (χ1v) is 5.97. The second-order valence-electron chi connectivity index (χ2n) is 4.46. The maximum atomic E-state index is 9.61. The molecule has 16 heavy (non-hydrogen) atoms. The minimum atomic E-state index is 0.415. The zero-order chi connectivity index (χ0) is 11.4. The molecule has 0 unspecified atom stereocenters. The molecule has 0 spiro atoms. The van der Waals surface area contributed by atoms with Crippen molar-refractivity contribution in [2.45, 2.75) is 13.3 Å². The monoisotopic (exact) mass is 220 g/mol. The molecule has 0 aliphatic carbocycles. The Kier molecular flexibility index (Phi) is 3.80. The molecule has 3 heteroatoms. The number of phenolic OH excluding ortho intramolecular Hbond substituents is 1. The fourth-order valence-electron chi connectivity index (χ4n) is 2.03. The van der Waals surface area contributed by atoms with Gasteiger partial charge in [0.25, 0.3) is 0 Å². The highest BCUT2D eigenvalue weighted by Gasteiger charge is 2.09. The summed E-state index contributed by atoms with van der Waals surface area (Å²) in [5.41, 5.74) is 2.17. The van der Waals surface area contributed by atoms with Crippen molar-refractivity contribution in [3.63, 3.8) is 0 Å². The third-order valence-electron chi connectivity index (χ3n) is 3.20. The van der Waals surface area contributed by atoms with E-state index < -0.39 is 0 Å². The lowest BCUT2D eigenvalue weighted by Crippen LogP contribution is -2.44. The van der Waals surface area contributed by atoms with Crippen LogP contribution in [0.4, 0.5) is 0 Å². The Balaban J connectivity index is 1.86. The fraction of sp³-hybridized carbons (Fsp3) is 0.538. The van der Waals surface area contributed by atoms with Crippen LogP contribution in [0.1, 0.15) is 11.1 Å². The number of rotatable bonds is 3. The molecule has 1 fully saturated rings. The van der Waals surface area contributed by atoms with Crippen LogP contribution in [0.2, 0.25) is 0 Å². The first kappa shape index (κ1) is 11.4. The van der Waals surface area contributed by atoms with Gasteiger partial charge in [-0.05, 0) is 30.5 Å². The van der Waals surface area contributed by atoms with Gasteiger partial charge in [-0.3, -0.25) is 0 Å². The molecule has 0 radical (unpaired) electrons. The maximum Gasteiger partial charge on any atom is 0.118 e. The SMILES string of the molecule is Cc1ccc(CCN2CCNCC2)cc1O. The van der Waals surface area contributed by atoms with Gasteiger partial charge in [0.1, 0.15) is 5.75 Å². The minimum absolute atomic E-state index is 0.415. The van der Waals surface area contributed by atoms with Gasteiger partial charge in [0, 0.05) is 32.7 Å². The molecule has 3 nitrogen and oxygen atoms in total. The highest BCUT2D eigenvalue weighted by Crippen LogP contribution is 2.17. The van der Waals surface area contributed by atoms with Gasteiger partial charge in [-0.1, -0.05) is 12.1 Å². The van der Waals surface area contributed by atoms with Crippen molar-refractivity contribution >= 4 is 0 Å². The van der Waals surface area contributed by atoms with Gasteiger partial charge < -0.3 is 15.3 Å². The van der Waals surface area contributed by atoms with E-state index >= 15 is 0 Å². The quantitative estimate of drug-likeness (QED) is 0.802. The van der Waals surface area contributed by atoms with Crippen molar-refractivity contribution in [3.05, 3.63) is 29.3 Å². The largest absolute Gasteiger partial charge is 0.508 e. The Bertz CT molecular complexity index is 346. The lowest BCUT2D eigenvalue weighted by molar-refractivity contribution is 0.244. The summed E-state index contributed by atoms with van der Waals surface area (Å²) < 4.78 is 0. The van der Waals surface area contributed by atoms with E-state index in [1.54, 1.807) is 0 Å². The normalized spacial score (nSPS) is 17.6. The highest BCUT2D eigenvalue weighted by atomic mass is 16.3. The van der Waals surface area contributed by atoms with Gasteiger partial charge in [0.15, 0.2) is 0 Å². The van der Waals surface area contributed by atoms with E-state index in [0.717, 1.165) is 44.7 Å². The number of nitrogens with zero attached hydrogens (tertiary/aromatic N) is 1. The van der Waals surface area contributed by atoms with Crippen LogP contribution in [0.15, 0.2) is 18.2 Å². The van der Waals surface area contributed by atoms with Crippen LogP contribution < -0.4 is 5.32 Å². The Labute approximate surface area is 97.1 Å². The molecule has 1 heterocycles. The molecule has 2 rings (SSSR count). The van der Waals surface area contributed by atoms with E-state index in [0.29, 0.717) is 5.75 Å². The molecule has 0 amide bonds. The van der Waals surface area contributed by atoms with E-state index in [-0.39, 0.29) is 0 Å². The fourth-order valence-corrected chi connectivity index (χ4v) is 2.03. The summed E-state index contributed by atoms with van der Waals surface area (Å²) in [5, 5.41) is 13.0. The molecule has 0 bridgehead atoms. The van der Waals surface area contributed by atoms with Crippen LogP contribution in [-0.2, 0) is 6.42 Å². The van der Waals surface area contributed by atoms with Crippen molar-refractivity contribution in [2.75, 3.05) is 32.7 Å².